The number of hydrogen-bond donors (Lipinski definition) is 4. The van der Waals surface area contributed by atoms with Crippen molar-refractivity contribution in [2.24, 2.45) is 0 Å². The van der Waals surface area contributed by atoms with Crippen LogP contribution >= 0.6 is 0 Å². The molecule has 0 spiro atoms. The molecule has 1 fully saturated rings. The number of ether oxygens (including phenoxy) is 4. The third-order valence-corrected chi connectivity index (χ3v) is 6.45. The van der Waals surface area contributed by atoms with E-state index >= 15 is 0 Å². The van der Waals surface area contributed by atoms with Crippen LogP contribution in [0.4, 0.5) is 5.69 Å². The van der Waals surface area contributed by atoms with E-state index in [0.717, 1.165) is 10.4 Å². The van der Waals surface area contributed by atoms with Crippen LogP contribution < -0.4 is 19.3 Å². The summed E-state index contributed by atoms with van der Waals surface area (Å²) in [6.07, 6.45) is -7.63. The van der Waals surface area contributed by atoms with Crippen molar-refractivity contribution in [1.82, 2.24) is 0 Å². The number of benzene rings is 3. The van der Waals surface area contributed by atoms with Crippen molar-refractivity contribution in [2.75, 3.05) is 25.6 Å². The average Bonchev–Trinajstić information content (AvgIpc) is 3.43. The molecule has 5 atom stereocenters. The monoisotopic (exact) mass is 471 g/mol. The number of nitrogens with zero attached hydrogens (tertiary/aromatic N) is 1. The maximum atomic E-state index is 13.5. The zero-order chi connectivity index (χ0) is 23.7. The van der Waals surface area contributed by atoms with Gasteiger partial charge in [-0.1, -0.05) is 12.1 Å². The maximum Gasteiger partial charge on any atom is 0.283 e. The van der Waals surface area contributed by atoms with Crippen LogP contribution in [0.5, 0.6) is 17.2 Å². The SMILES string of the molecule is COc1cccc2c1cc1c3c(cc4c(c32)OCO4)C(=O)N1OC1OC(CO)C(O)C(O)C1O. The van der Waals surface area contributed by atoms with E-state index in [-0.39, 0.29) is 6.79 Å². The summed E-state index contributed by atoms with van der Waals surface area (Å²) >= 11 is 0. The first-order valence-electron chi connectivity index (χ1n) is 10.6. The highest BCUT2D eigenvalue weighted by Crippen LogP contribution is 2.52. The maximum absolute atomic E-state index is 13.5. The number of amides is 1. The number of carbonyl (C=O) groups excluding carboxylic acids is 1. The van der Waals surface area contributed by atoms with Gasteiger partial charge in [0.25, 0.3) is 5.91 Å². The van der Waals surface area contributed by atoms with Crippen LogP contribution in [0.3, 0.4) is 0 Å². The van der Waals surface area contributed by atoms with Crippen LogP contribution in [0.2, 0.25) is 0 Å². The minimum atomic E-state index is -1.68. The van der Waals surface area contributed by atoms with Gasteiger partial charge in [-0.25, -0.2) is 4.84 Å². The van der Waals surface area contributed by atoms with Gasteiger partial charge in [0, 0.05) is 16.2 Å². The normalized spacial score (nSPS) is 27.7. The van der Waals surface area contributed by atoms with E-state index in [1.807, 2.05) is 12.1 Å². The standard InChI is InChI=1S/C23H21NO10/c1-30-13-4-2-3-9-10(13)5-12-16-11(6-14-21(17(9)16)32-8-31-14)22(29)24(12)34-23-20(28)19(27)18(26)15(7-25)33-23/h2-6,15,18-20,23,25-28H,7-8H2,1H3. The first-order chi connectivity index (χ1) is 16.4. The Balaban J connectivity index is 1.53. The Kier molecular flexibility index (Phi) is 4.81. The second-order valence-corrected chi connectivity index (χ2v) is 8.26. The summed E-state index contributed by atoms with van der Waals surface area (Å²) in [5.41, 5.74) is 0.644. The highest BCUT2D eigenvalue weighted by Gasteiger charge is 2.47. The summed E-state index contributed by atoms with van der Waals surface area (Å²) in [4.78, 5) is 19.2. The first-order valence-corrected chi connectivity index (χ1v) is 10.6. The van der Waals surface area contributed by atoms with Gasteiger partial charge >= 0.3 is 0 Å². The van der Waals surface area contributed by atoms with E-state index in [1.165, 1.54) is 7.11 Å². The first kappa shape index (κ1) is 21.4. The summed E-state index contributed by atoms with van der Waals surface area (Å²) in [7, 11) is 1.53. The van der Waals surface area contributed by atoms with E-state index in [9.17, 15) is 25.2 Å². The van der Waals surface area contributed by atoms with Crippen molar-refractivity contribution in [3.63, 3.8) is 0 Å². The molecule has 11 nitrogen and oxygen atoms in total. The molecule has 3 aromatic rings. The number of carbonyl (C=O) groups is 1. The quantitative estimate of drug-likeness (QED) is 0.395. The summed E-state index contributed by atoms with van der Waals surface area (Å²) in [5.74, 6) is 0.901. The molecule has 0 aromatic heterocycles. The van der Waals surface area contributed by atoms with Crippen LogP contribution in [0.15, 0.2) is 30.3 Å². The van der Waals surface area contributed by atoms with Crippen LogP contribution in [-0.4, -0.2) is 77.5 Å². The predicted molar refractivity (Wildman–Crippen MR) is 116 cm³/mol. The molecule has 0 saturated carbocycles. The third-order valence-electron chi connectivity index (χ3n) is 6.45. The van der Waals surface area contributed by atoms with E-state index in [0.29, 0.717) is 44.7 Å². The van der Waals surface area contributed by atoms with Crippen LogP contribution in [0.1, 0.15) is 10.4 Å². The molecule has 3 aliphatic heterocycles. The van der Waals surface area contributed by atoms with Gasteiger partial charge in [0.05, 0.1) is 25.0 Å². The molecule has 1 amide bonds. The molecule has 11 heteroatoms. The Morgan fingerprint density at radius 1 is 1.06 bits per heavy atom. The molecule has 0 bridgehead atoms. The smallest absolute Gasteiger partial charge is 0.283 e. The molecule has 0 radical (unpaired) electrons. The van der Waals surface area contributed by atoms with Crippen LogP contribution in [-0.2, 0) is 9.57 Å². The predicted octanol–water partition coefficient (Wildman–Crippen LogP) is 0.422. The molecule has 5 unspecified atom stereocenters. The molecule has 3 aromatic carbocycles. The highest BCUT2D eigenvalue weighted by molar-refractivity contribution is 6.31. The van der Waals surface area contributed by atoms with E-state index in [2.05, 4.69) is 0 Å². The van der Waals surface area contributed by atoms with Crippen LogP contribution in [0.25, 0.3) is 21.5 Å². The Morgan fingerprint density at radius 3 is 2.65 bits per heavy atom. The topological polar surface area (TPSA) is 147 Å². The van der Waals surface area contributed by atoms with Crippen molar-refractivity contribution >= 4 is 33.1 Å². The second-order valence-electron chi connectivity index (χ2n) is 8.26. The van der Waals surface area contributed by atoms with Crippen molar-refractivity contribution in [3.05, 3.63) is 35.9 Å². The lowest BCUT2D eigenvalue weighted by Gasteiger charge is -2.40. The fourth-order valence-corrected chi connectivity index (χ4v) is 4.77. The molecule has 0 aliphatic carbocycles. The Labute approximate surface area is 192 Å². The number of hydroxylamine groups is 1. The zero-order valence-corrected chi connectivity index (χ0v) is 17.9. The lowest BCUT2D eigenvalue weighted by Crippen LogP contribution is -2.60. The number of aliphatic hydroxyl groups excluding tert-OH is 4. The van der Waals surface area contributed by atoms with Gasteiger partial charge in [0.1, 0.15) is 30.2 Å². The van der Waals surface area contributed by atoms with Gasteiger partial charge in [-0.15, -0.1) is 0 Å². The van der Waals surface area contributed by atoms with E-state index in [1.54, 1.807) is 18.2 Å². The van der Waals surface area contributed by atoms with Gasteiger partial charge in [0.15, 0.2) is 11.5 Å². The number of hydrogen-bond acceptors (Lipinski definition) is 10. The van der Waals surface area contributed by atoms with Gasteiger partial charge in [0.2, 0.25) is 13.1 Å². The second kappa shape index (κ2) is 7.67. The fraction of sp³-hybridized carbons (Fsp3) is 0.348. The van der Waals surface area contributed by atoms with Crippen molar-refractivity contribution < 1.29 is 49.0 Å². The van der Waals surface area contributed by atoms with Gasteiger partial charge in [-0.2, -0.15) is 5.06 Å². The van der Waals surface area contributed by atoms with Crippen molar-refractivity contribution in [3.8, 4) is 17.2 Å². The van der Waals surface area contributed by atoms with Gasteiger partial charge < -0.3 is 39.4 Å². The number of anilines is 1. The molecule has 178 valence electrons. The minimum absolute atomic E-state index is 0.0167. The Morgan fingerprint density at radius 2 is 1.88 bits per heavy atom. The molecule has 6 rings (SSSR count). The molecule has 1 saturated heterocycles. The van der Waals surface area contributed by atoms with Gasteiger partial charge in [-0.3, -0.25) is 4.79 Å². The van der Waals surface area contributed by atoms with Crippen molar-refractivity contribution in [2.45, 2.75) is 30.7 Å². The fourth-order valence-electron chi connectivity index (χ4n) is 4.77. The highest BCUT2D eigenvalue weighted by atomic mass is 16.8. The van der Waals surface area contributed by atoms with Gasteiger partial charge in [-0.05, 0) is 23.6 Å². The minimum Gasteiger partial charge on any atom is -0.496 e. The molecular formula is C23H21NO10. The lowest BCUT2D eigenvalue weighted by atomic mass is 9.97. The summed E-state index contributed by atoms with van der Waals surface area (Å²) in [6.45, 7) is -0.610. The summed E-state index contributed by atoms with van der Waals surface area (Å²) in [5, 5.41) is 43.7. The largest absolute Gasteiger partial charge is 0.496 e. The zero-order valence-electron chi connectivity index (χ0n) is 17.9. The lowest BCUT2D eigenvalue weighted by molar-refractivity contribution is -0.301. The summed E-state index contributed by atoms with van der Waals surface area (Å²) in [6, 6.07) is 8.78. The number of aliphatic hydroxyl groups is 4. The third kappa shape index (κ3) is 2.83. The average molecular weight is 471 g/mol. The molecule has 34 heavy (non-hydrogen) atoms. The molecule has 4 N–H and O–H groups in total. The number of methoxy groups -OCH3 is 1. The van der Waals surface area contributed by atoms with E-state index in [4.69, 9.17) is 23.8 Å². The number of rotatable bonds is 4. The molecule has 3 aliphatic rings. The number of fused-ring (bicyclic) bond motifs is 4. The van der Waals surface area contributed by atoms with Crippen LogP contribution in [0, 0.1) is 0 Å². The Bertz CT molecular complexity index is 1320. The molecular weight excluding hydrogens is 450 g/mol. The molecule has 3 heterocycles. The van der Waals surface area contributed by atoms with E-state index < -0.39 is 43.2 Å². The van der Waals surface area contributed by atoms with Crippen molar-refractivity contribution in [1.29, 1.82) is 0 Å². The Hall–Kier alpha value is -3.19. The summed E-state index contributed by atoms with van der Waals surface area (Å²) < 4.78 is 22.3.